The topological polar surface area (TPSA) is 72.5 Å². The van der Waals surface area contributed by atoms with E-state index in [-0.39, 0.29) is 5.56 Å². The third kappa shape index (κ3) is 4.79. The molecule has 5 heteroatoms. The Balaban J connectivity index is 2.03. The van der Waals surface area contributed by atoms with E-state index in [0.29, 0.717) is 17.8 Å². The first-order valence-electron chi connectivity index (χ1n) is 8.62. The summed E-state index contributed by atoms with van der Waals surface area (Å²) in [5.41, 5.74) is 2.53. The summed E-state index contributed by atoms with van der Waals surface area (Å²) in [5, 5.41) is 2.84. The van der Waals surface area contributed by atoms with Crippen molar-refractivity contribution in [1.82, 2.24) is 0 Å². The molecule has 2 atom stereocenters. The van der Waals surface area contributed by atoms with Crippen molar-refractivity contribution in [2.75, 3.05) is 5.32 Å². The quantitative estimate of drug-likeness (QED) is 0.598. The summed E-state index contributed by atoms with van der Waals surface area (Å²) in [4.78, 5) is 35.2. The molecule has 0 bridgehead atoms. The van der Waals surface area contributed by atoms with Crippen molar-refractivity contribution < 1.29 is 19.1 Å². The third-order valence-electron chi connectivity index (χ3n) is 4.30. The summed E-state index contributed by atoms with van der Waals surface area (Å²) in [6.45, 7) is 5.71. The van der Waals surface area contributed by atoms with Crippen LogP contribution in [0, 0.1) is 0 Å². The van der Waals surface area contributed by atoms with Crippen LogP contribution in [0.5, 0.6) is 0 Å². The molecule has 0 aliphatic carbocycles. The number of amides is 1. The average Bonchev–Trinajstić information content (AvgIpc) is 2.67. The number of nitrogens with one attached hydrogen (secondary N) is 1. The van der Waals surface area contributed by atoms with Gasteiger partial charge in [-0.15, -0.1) is 0 Å². The second kappa shape index (κ2) is 8.94. The Bertz CT molecular complexity index is 783. The maximum atomic E-state index is 12.4. The van der Waals surface area contributed by atoms with Crippen molar-refractivity contribution in [2.45, 2.75) is 39.2 Å². The molecular weight excluding hydrogens is 330 g/mol. The number of esters is 1. The van der Waals surface area contributed by atoms with Gasteiger partial charge < -0.3 is 10.1 Å². The van der Waals surface area contributed by atoms with Crippen LogP contribution < -0.4 is 5.32 Å². The molecule has 0 aliphatic rings. The van der Waals surface area contributed by atoms with Crippen molar-refractivity contribution >= 4 is 23.9 Å². The lowest BCUT2D eigenvalue weighted by Crippen LogP contribution is -2.30. The van der Waals surface area contributed by atoms with Crippen LogP contribution >= 0.6 is 0 Å². The normalized spacial score (nSPS) is 12.7. The van der Waals surface area contributed by atoms with Gasteiger partial charge in [0, 0.05) is 11.3 Å². The van der Waals surface area contributed by atoms with E-state index in [1.165, 1.54) is 31.2 Å². The fourth-order valence-electron chi connectivity index (χ4n) is 2.47. The molecule has 136 valence electrons. The molecule has 0 saturated carbocycles. The Labute approximate surface area is 153 Å². The van der Waals surface area contributed by atoms with Crippen LogP contribution in [0.4, 0.5) is 5.69 Å². The maximum absolute atomic E-state index is 12.4. The van der Waals surface area contributed by atoms with E-state index in [0.717, 1.165) is 17.7 Å². The minimum Gasteiger partial charge on any atom is -0.449 e. The molecule has 0 heterocycles. The molecule has 0 saturated heterocycles. The van der Waals surface area contributed by atoms with Gasteiger partial charge in [0.05, 0.1) is 5.56 Å². The maximum Gasteiger partial charge on any atom is 0.338 e. The predicted molar refractivity (Wildman–Crippen MR) is 100 cm³/mol. The van der Waals surface area contributed by atoms with Gasteiger partial charge in [0.2, 0.25) is 0 Å². The summed E-state index contributed by atoms with van der Waals surface area (Å²) in [6, 6.07) is 13.6. The van der Waals surface area contributed by atoms with E-state index < -0.39 is 18.0 Å². The van der Waals surface area contributed by atoms with Gasteiger partial charge in [0.25, 0.3) is 5.91 Å². The van der Waals surface area contributed by atoms with Crippen LogP contribution in [0.2, 0.25) is 0 Å². The van der Waals surface area contributed by atoms with Crippen molar-refractivity contribution in [1.29, 1.82) is 0 Å². The standard InChI is InChI=1S/C21H23NO4/c1-4-14(2)18-7-5-6-8-19(18)22-20(24)15(3)26-21(25)17-11-9-16(13-23)10-12-17/h5-15H,4H2,1-3H3,(H,22,24)/t14-,15+/m0/s1. The van der Waals surface area contributed by atoms with Gasteiger partial charge in [0.1, 0.15) is 6.29 Å². The lowest BCUT2D eigenvalue weighted by Gasteiger charge is -2.18. The molecule has 0 aromatic heterocycles. The molecule has 0 aliphatic heterocycles. The van der Waals surface area contributed by atoms with Gasteiger partial charge in [-0.25, -0.2) is 4.79 Å². The number of anilines is 1. The molecule has 0 spiro atoms. The Morgan fingerprint density at radius 3 is 2.35 bits per heavy atom. The first kappa shape index (κ1) is 19.4. The minimum absolute atomic E-state index is 0.287. The fraction of sp³-hybridized carbons (Fsp3) is 0.286. The van der Waals surface area contributed by atoms with Gasteiger partial charge in [-0.1, -0.05) is 44.2 Å². The van der Waals surface area contributed by atoms with Crippen molar-refractivity contribution in [2.24, 2.45) is 0 Å². The summed E-state index contributed by atoms with van der Waals surface area (Å²) in [5.74, 6) is -0.695. The van der Waals surface area contributed by atoms with Crippen LogP contribution in [0.25, 0.3) is 0 Å². The zero-order valence-electron chi connectivity index (χ0n) is 15.2. The number of hydrogen-bond donors (Lipinski definition) is 1. The van der Waals surface area contributed by atoms with Gasteiger partial charge >= 0.3 is 5.97 Å². The number of rotatable bonds is 7. The molecule has 1 amide bonds. The summed E-state index contributed by atoms with van der Waals surface area (Å²) < 4.78 is 5.23. The third-order valence-corrected chi connectivity index (χ3v) is 4.30. The van der Waals surface area contributed by atoms with Crippen LogP contribution in [0.1, 0.15) is 59.4 Å². The van der Waals surface area contributed by atoms with Crippen molar-refractivity contribution in [3.63, 3.8) is 0 Å². The number of hydrogen-bond acceptors (Lipinski definition) is 4. The van der Waals surface area contributed by atoms with E-state index >= 15 is 0 Å². The molecule has 0 fully saturated rings. The molecule has 0 radical (unpaired) electrons. The van der Waals surface area contributed by atoms with Gasteiger partial charge in [-0.2, -0.15) is 0 Å². The molecule has 2 rings (SSSR count). The number of carbonyl (C=O) groups excluding carboxylic acids is 3. The second-order valence-corrected chi connectivity index (χ2v) is 6.17. The molecule has 2 aromatic rings. The van der Waals surface area contributed by atoms with E-state index in [4.69, 9.17) is 4.74 Å². The number of para-hydroxylation sites is 1. The second-order valence-electron chi connectivity index (χ2n) is 6.17. The van der Waals surface area contributed by atoms with E-state index in [9.17, 15) is 14.4 Å². The first-order chi connectivity index (χ1) is 12.5. The van der Waals surface area contributed by atoms with Crippen molar-refractivity contribution in [3.8, 4) is 0 Å². The minimum atomic E-state index is -0.946. The Hall–Kier alpha value is -2.95. The lowest BCUT2D eigenvalue weighted by molar-refractivity contribution is -0.123. The number of benzene rings is 2. The van der Waals surface area contributed by atoms with Gasteiger partial charge in [0.15, 0.2) is 6.10 Å². The highest BCUT2D eigenvalue weighted by molar-refractivity contribution is 5.98. The zero-order valence-corrected chi connectivity index (χ0v) is 15.2. The SMILES string of the molecule is CC[C@H](C)c1ccccc1NC(=O)[C@@H](C)OC(=O)c1ccc(C=O)cc1. The van der Waals surface area contributed by atoms with Crippen LogP contribution in [0.15, 0.2) is 48.5 Å². The van der Waals surface area contributed by atoms with Crippen LogP contribution in [-0.4, -0.2) is 24.3 Å². The smallest absolute Gasteiger partial charge is 0.338 e. The Morgan fingerprint density at radius 2 is 1.73 bits per heavy atom. The highest BCUT2D eigenvalue weighted by atomic mass is 16.5. The fourth-order valence-corrected chi connectivity index (χ4v) is 2.47. The predicted octanol–water partition coefficient (Wildman–Crippen LogP) is 4.20. The largest absolute Gasteiger partial charge is 0.449 e. The van der Waals surface area contributed by atoms with Gasteiger partial charge in [-0.05, 0) is 43.0 Å². The Morgan fingerprint density at radius 1 is 1.08 bits per heavy atom. The molecule has 26 heavy (non-hydrogen) atoms. The first-order valence-corrected chi connectivity index (χ1v) is 8.62. The highest BCUT2D eigenvalue weighted by Crippen LogP contribution is 2.26. The molecule has 2 aromatic carbocycles. The van der Waals surface area contributed by atoms with E-state index in [1.54, 1.807) is 0 Å². The monoisotopic (exact) mass is 353 g/mol. The summed E-state index contributed by atoms with van der Waals surface area (Å²) >= 11 is 0. The van der Waals surface area contributed by atoms with Gasteiger partial charge in [-0.3, -0.25) is 9.59 Å². The molecule has 1 N–H and O–H groups in total. The lowest BCUT2D eigenvalue weighted by atomic mass is 9.97. The van der Waals surface area contributed by atoms with Crippen LogP contribution in [0.3, 0.4) is 0 Å². The number of ether oxygens (including phenoxy) is 1. The average molecular weight is 353 g/mol. The Kier molecular flexibility index (Phi) is 6.67. The van der Waals surface area contributed by atoms with Crippen molar-refractivity contribution in [3.05, 3.63) is 65.2 Å². The molecule has 5 nitrogen and oxygen atoms in total. The summed E-state index contributed by atoms with van der Waals surface area (Å²) in [6.07, 6.45) is 0.701. The number of aldehydes is 1. The van der Waals surface area contributed by atoms with E-state index in [2.05, 4.69) is 19.2 Å². The molecule has 0 unspecified atom stereocenters. The van der Waals surface area contributed by atoms with Crippen LogP contribution in [-0.2, 0) is 9.53 Å². The molecular formula is C21H23NO4. The summed E-state index contributed by atoms with van der Waals surface area (Å²) in [7, 11) is 0. The highest BCUT2D eigenvalue weighted by Gasteiger charge is 2.20. The number of carbonyl (C=O) groups is 3. The zero-order chi connectivity index (χ0) is 19.1. The van der Waals surface area contributed by atoms with E-state index in [1.807, 2.05) is 24.3 Å².